The Morgan fingerprint density at radius 2 is 1.89 bits per heavy atom. The zero-order chi connectivity index (χ0) is 14.0. The summed E-state index contributed by atoms with van der Waals surface area (Å²) < 4.78 is 0. The first-order chi connectivity index (χ1) is 8.96. The van der Waals surface area contributed by atoms with Crippen LogP contribution in [-0.2, 0) is 0 Å². The highest BCUT2D eigenvalue weighted by Crippen LogP contribution is 2.49. The molecule has 2 heteroatoms. The lowest BCUT2D eigenvalue weighted by Crippen LogP contribution is -2.59. The van der Waals surface area contributed by atoms with Gasteiger partial charge in [0.15, 0.2) is 0 Å². The molecule has 2 rings (SSSR count). The molecule has 0 aromatic carbocycles. The fraction of sp³-hybridized carbons (Fsp3) is 1.00. The molecular weight excluding hydrogens is 232 g/mol. The van der Waals surface area contributed by atoms with Gasteiger partial charge in [-0.2, -0.15) is 0 Å². The molecule has 1 saturated heterocycles. The lowest BCUT2D eigenvalue weighted by molar-refractivity contribution is 0.0704. The molecule has 1 N–H and O–H groups in total. The molecule has 19 heavy (non-hydrogen) atoms. The Kier molecular flexibility index (Phi) is 4.94. The van der Waals surface area contributed by atoms with Crippen molar-refractivity contribution < 1.29 is 0 Å². The van der Waals surface area contributed by atoms with E-state index in [1.807, 2.05) is 0 Å². The van der Waals surface area contributed by atoms with E-state index in [4.69, 9.17) is 0 Å². The molecule has 2 atom stereocenters. The quantitative estimate of drug-likeness (QED) is 0.791. The van der Waals surface area contributed by atoms with E-state index in [9.17, 15) is 0 Å². The van der Waals surface area contributed by atoms with E-state index in [0.29, 0.717) is 11.5 Å². The van der Waals surface area contributed by atoms with Crippen molar-refractivity contribution in [3.8, 4) is 0 Å². The maximum Gasteiger partial charge on any atom is 0.0244 e. The van der Waals surface area contributed by atoms with Crippen molar-refractivity contribution in [1.82, 2.24) is 10.2 Å². The summed E-state index contributed by atoms with van der Waals surface area (Å²) in [6, 6.07) is 1.45. The SMILES string of the molecule is CCC1(CN2CC(CC(C)C)NCC2C(C)C)CC1. The highest BCUT2D eigenvalue weighted by molar-refractivity contribution is 4.98. The van der Waals surface area contributed by atoms with Gasteiger partial charge in [0.2, 0.25) is 0 Å². The smallest absolute Gasteiger partial charge is 0.0244 e. The van der Waals surface area contributed by atoms with E-state index in [0.717, 1.165) is 17.9 Å². The molecule has 1 saturated carbocycles. The van der Waals surface area contributed by atoms with Gasteiger partial charge in [-0.1, -0.05) is 34.6 Å². The number of rotatable bonds is 6. The Balaban J connectivity index is 1.96. The largest absolute Gasteiger partial charge is 0.311 e. The Labute approximate surface area is 120 Å². The van der Waals surface area contributed by atoms with E-state index >= 15 is 0 Å². The first-order valence-electron chi connectivity index (χ1n) is 8.43. The first-order valence-corrected chi connectivity index (χ1v) is 8.43. The predicted octanol–water partition coefficient (Wildman–Crippen LogP) is 3.52. The Morgan fingerprint density at radius 3 is 2.37 bits per heavy atom. The van der Waals surface area contributed by atoms with Crippen LogP contribution in [0.25, 0.3) is 0 Å². The number of hydrogen-bond acceptors (Lipinski definition) is 2. The third-order valence-electron chi connectivity index (χ3n) is 5.31. The van der Waals surface area contributed by atoms with Crippen molar-refractivity contribution in [1.29, 1.82) is 0 Å². The first kappa shape index (κ1) is 15.3. The van der Waals surface area contributed by atoms with Gasteiger partial charge in [0.1, 0.15) is 0 Å². The van der Waals surface area contributed by atoms with Gasteiger partial charge in [0.25, 0.3) is 0 Å². The number of nitrogens with zero attached hydrogens (tertiary/aromatic N) is 1. The molecule has 1 aliphatic heterocycles. The van der Waals surface area contributed by atoms with Gasteiger partial charge in [-0.3, -0.25) is 4.90 Å². The van der Waals surface area contributed by atoms with Crippen LogP contribution in [0, 0.1) is 17.3 Å². The van der Waals surface area contributed by atoms with Crippen LogP contribution in [0.3, 0.4) is 0 Å². The maximum absolute atomic E-state index is 3.79. The summed E-state index contributed by atoms with van der Waals surface area (Å²) in [6.45, 7) is 15.6. The summed E-state index contributed by atoms with van der Waals surface area (Å²) in [4.78, 5) is 2.82. The van der Waals surface area contributed by atoms with Gasteiger partial charge in [0.05, 0.1) is 0 Å². The molecule has 0 amide bonds. The van der Waals surface area contributed by atoms with Crippen molar-refractivity contribution in [3.63, 3.8) is 0 Å². The Bertz CT molecular complexity index is 281. The van der Waals surface area contributed by atoms with Crippen molar-refractivity contribution >= 4 is 0 Å². The molecule has 0 aromatic rings. The molecule has 1 heterocycles. The minimum absolute atomic E-state index is 0.687. The van der Waals surface area contributed by atoms with Crippen LogP contribution in [0.4, 0.5) is 0 Å². The normalized spacial score (nSPS) is 31.1. The molecule has 2 unspecified atom stereocenters. The molecule has 2 nitrogen and oxygen atoms in total. The van der Waals surface area contributed by atoms with E-state index in [1.54, 1.807) is 0 Å². The molecule has 0 bridgehead atoms. The molecule has 0 radical (unpaired) electrons. The van der Waals surface area contributed by atoms with Crippen LogP contribution in [0.2, 0.25) is 0 Å². The zero-order valence-electron chi connectivity index (χ0n) is 13.7. The summed E-state index contributed by atoms with van der Waals surface area (Å²) in [5.41, 5.74) is 0.687. The number of piperazine rings is 1. The van der Waals surface area contributed by atoms with Crippen LogP contribution in [0.1, 0.15) is 60.3 Å². The van der Waals surface area contributed by atoms with Gasteiger partial charge in [-0.25, -0.2) is 0 Å². The minimum atomic E-state index is 0.687. The minimum Gasteiger partial charge on any atom is -0.311 e. The van der Waals surface area contributed by atoms with Crippen molar-refractivity contribution in [2.24, 2.45) is 17.3 Å². The second-order valence-corrected chi connectivity index (χ2v) is 7.83. The van der Waals surface area contributed by atoms with Crippen LogP contribution < -0.4 is 5.32 Å². The summed E-state index contributed by atoms with van der Waals surface area (Å²) >= 11 is 0. The van der Waals surface area contributed by atoms with Crippen molar-refractivity contribution in [2.45, 2.75) is 72.4 Å². The standard InChI is InChI=1S/C17H34N2/c1-6-17(7-8-17)12-19-11-15(9-13(2)3)18-10-16(19)14(4)5/h13-16,18H,6-12H2,1-5H3. The summed E-state index contributed by atoms with van der Waals surface area (Å²) in [6.07, 6.45) is 5.62. The topological polar surface area (TPSA) is 15.3 Å². The second-order valence-electron chi connectivity index (χ2n) is 7.83. The maximum atomic E-state index is 3.79. The van der Waals surface area contributed by atoms with Gasteiger partial charge >= 0.3 is 0 Å². The average molecular weight is 266 g/mol. The summed E-state index contributed by atoms with van der Waals surface area (Å²) in [7, 11) is 0. The molecule has 2 aliphatic rings. The lowest BCUT2D eigenvalue weighted by atomic mass is 9.92. The van der Waals surface area contributed by atoms with Crippen LogP contribution in [0.15, 0.2) is 0 Å². The van der Waals surface area contributed by atoms with Gasteiger partial charge in [0, 0.05) is 31.7 Å². The summed E-state index contributed by atoms with van der Waals surface area (Å²) in [5.74, 6) is 1.57. The average Bonchev–Trinajstić information content (AvgIpc) is 3.08. The van der Waals surface area contributed by atoms with E-state index < -0.39 is 0 Å². The molecule has 0 spiro atoms. The van der Waals surface area contributed by atoms with Gasteiger partial charge in [-0.15, -0.1) is 0 Å². The fourth-order valence-corrected chi connectivity index (χ4v) is 3.70. The second kappa shape index (κ2) is 6.13. The van der Waals surface area contributed by atoms with Crippen molar-refractivity contribution in [2.75, 3.05) is 19.6 Å². The lowest BCUT2D eigenvalue weighted by Gasteiger charge is -2.44. The highest BCUT2D eigenvalue weighted by Gasteiger charge is 2.44. The van der Waals surface area contributed by atoms with E-state index in [1.165, 1.54) is 45.3 Å². The third-order valence-corrected chi connectivity index (χ3v) is 5.31. The van der Waals surface area contributed by atoms with Crippen LogP contribution in [0.5, 0.6) is 0 Å². The number of nitrogens with one attached hydrogen (secondary N) is 1. The molecule has 0 aromatic heterocycles. The monoisotopic (exact) mass is 266 g/mol. The highest BCUT2D eigenvalue weighted by atomic mass is 15.2. The van der Waals surface area contributed by atoms with E-state index in [2.05, 4.69) is 44.8 Å². The van der Waals surface area contributed by atoms with Crippen LogP contribution in [-0.4, -0.2) is 36.6 Å². The van der Waals surface area contributed by atoms with Gasteiger partial charge in [-0.05, 0) is 42.9 Å². The molecule has 2 fully saturated rings. The summed E-state index contributed by atoms with van der Waals surface area (Å²) in [5, 5.41) is 3.79. The Hall–Kier alpha value is -0.0800. The molecule has 112 valence electrons. The predicted molar refractivity (Wildman–Crippen MR) is 83.4 cm³/mol. The fourth-order valence-electron chi connectivity index (χ4n) is 3.70. The molecular formula is C17H34N2. The van der Waals surface area contributed by atoms with Crippen LogP contribution >= 0.6 is 0 Å². The van der Waals surface area contributed by atoms with Gasteiger partial charge < -0.3 is 5.32 Å². The zero-order valence-corrected chi connectivity index (χ0v) is 13.7. The van der Waals surface area contributed by atoms with Crippen molar-refractivity contribution in [3.05, 3.63) is 0 Å². The third kappa shape index (κ3) is 3.95. The van der Waals surface area contributed by atoms with E-state index in [-0.39, 0.29) is 0 Å². The Morgan fingerprint density at radius 1 is 1.21 bits per heavy atom. The molecule has 1 aliphatic carbocycles. The number of hydrogen-bond donors (Lipinski definition) is 1.